The fourth-order valence-corrected chi connectivity index (χ4v) is 2.32. The monoisotopic (exact) mass is 280 g/mol. The van der Waals surface area contributed by atoms with E-state index in [9.17, 15) is 13.2 Å². The summed E-state index contributed by atoms with van der Waals surface area (Å²) >= 11 is 0. The van der Waals surface area contributed by atoms with Crippen LogP contribution < -0.4 is 5.19 Å². The van der Waals surface area contributed by atoms with Gasteiger partial charge in [-0.05, 0) is 31.2 Å². The van der Waals surface area contributed by atoms with E-state index in [1.807, 2.05) is 0 Å². The lowest BCUT2D eigenvalue weighted by Gasteiger charge is -2.17. The van der Waals surface area contributed by atoms with Crippen LogP contribution in [0, 0.1) is 17.5 Å². The summed E-state index contributed by atoms with van der Waals surface area (Å²) in [6.45, 7) is 3.49. The Morgan fingerprint density at radius 3 is 2.00 bits per heavy atom. The second-order valence-electron chi connectivity index (χ2n) is 3.38. The van der Waals surface area contributed by atoms with Crippen LogP contribution in [0.5, 0.6) is 0 Å². The van der Waals surface area contributed by atoms with Crippen molar-refractivity contribution in [2.75, 3.05) is 13.2 Å². The highest BCUT2D eigenvalue weighted by atomic mass is 28.2. The summed E-state index contributed by atoms with van der Waals surface area (Å²) < 4.78 is 54.2. The van der Waals surface area contributed by atoms with Gasteiger partial charge in [-0.2, -0.15) is 0 Å². The van der Waals surface area contributed by atoms with Crippen LogP contribution in [0.25, 0.3) is 0 Å². The molecule has 0 heterocycles. The highest BCUT2D eigenvalue weighted by Crippen LogP contribution is 2.07. The maximum atomic E-state index is 12.9. The summed E-state index contributed by atoms with van der Waals surface area (Å²) in [7, 11) is -1.45. The first-order chi connectivity index (χ1) is 8.58. The molecule has 1 rings (SSSR count). The highest BCUT2D eigenvalue weighted by Gasteiger charge is 2.13. The first-order valence-corrected chi connectivity index (χ1v) is 6.85. The van der Waals surface area contributed by atoms with Crippen LogP contribution in [0.3, 0.4) is 0 Å². The van der Waals surface area contributed by atoms with Gasteiger partial charge in [0, 0.05) is 13.2 Å². The van der Waals surface area contributed by atoms with Gasteiger partial charge in [0.05, 0.1) is 0 Å². The summed E-state index contributed by atoms with van der Waals surface area (Å²) in [5.41, 5.74) is 0. The van der Waals surface area contributed by atoms with E-state index in [4.69, 9.17) is 13.9 Å². The van der Waals surface area contributed by atoms with Gasteiger partial charge in [0.1, 0.15) is 0 Å². The predicted molar refractivity (Wildman–Crippen MR) is 62.6 cm³/mol. The van der Waals surface area contributed by atoms with E-state index < -0.39 is 33.7 Å². The van der Waals surface area contributed by atoms with E-state index >= 15 is 0 Å². The molecule has 102 valence electrons. The van der Waals surface area contributed by atoms with Crippen LogP contribution in [0.15, 0.2) is 12.1 Å². The molecule has 0 N–H and O–H groups in total. The fourth-order valence-electron chi connectivity index (χ4n) is 1.27. The molecule has 0 unspecified atom stereocenters. The molecule has 1 aromatic carbocycles. The lowest BCUT2D eigenvalue weighted by Crippen LogP contribution is -2.29. The molecule has 0 bridgehead atoms. The predicted octanol–water partition coefficient (Wildman–Crippen LogP) is 1.19. The zero-order valence-electron chi connectivity index (χ0n) is 10.2. The van der Waals surface area contributed by atoms with Gasteiger partial charge in [-0.1, -0.05) is 0 Å². The number of hydrogen-bond acceptors (Lipinski definition) is 3. The van der Waals surface area contributed by atoms with Crippen LogP contribution in [0.2, 0.25) is 0 Å². The number of benzene rings is 1. The molecule has 0 atom stereocenters. The Morgan fingerprint density at radius 1 is 1.06 bits per heavy atom. The number of halogens is 3. The Morgan fingerprint density at radius 2 is 1.56 bits per heavy atom. The normalized spacial score (nSPS) is 11.9. The largest absolute Gasteiger partial charge is 0.373 e. The summed E-state index contributed by atoms with van der Waals surface area (Å²) in [5, 5.41) is 0.302. The second kappa shape index (κ2) is 7.52. The Hall–Kier alpha value is -0.893. The lowest BCUT2D eigenvalue weighted by molar-refractivity contribution is -0.242. The molecule has 1 aromatic rings. The highest BCUT2D eigenvalue weighted by molar-refractivity contribution is 6.46. The second-order valence-corrected chi connectivity index (χ2v) is 4.82. The van der Waals surface area contributed by atoms with Gasteiger partial charge in [0.2, 0.25) is 0 Å². The molecular formula is C11H15F3O3Si. The Labute approximate surface area is 106 Å². The van der Waals surface area contributed by atoms with Gasteiger partial charge in [-0.3, -0.25) is 0 Å². The average Bonchev–Trinajstić information content (AvgIpc) is 2.33. The van der Waals surface area contributed by atoms with Crippen LogP contribution in [0.4, 0.5) is 13.2 Å². The SMILES string of the molecule is CCOC(OCC)O[SiH2]c1cc(F)c(F)c(F)c1. The van der Waals surface area contributed by atoms with E-state index in [0.717, 1.165) is 12.1 Å². The van der Waals surface area contributed by atoms with Crippen molar-refractivity contribution in [2.24, 2.45) is 0 Å². The van der Waals surface area contributed by atoms with Crippen LogP contribution in [-0.4, -0.2) is 29.5 Å². The van der Waals surface area contributed by atoms with E-state index in [2.05, 4.69) is 0 Å². The molecule has 0 aliphatic heterocycles. The summed E-state index contributed by atoms with van der Waals surface area (Å²) in [5.74, 6) is -3.91. The molecule has 0 saturated carbocycles. The molecule has 0 aliphatic rings. The minimum Gasteiger partial charge on any atom is -0.373 e. The van der Waals surface area contributed by atoms with Gasteiger partial charge in [-0.25, -0.2) is 13.2 Å². The zero-order chi connectivity index (χ0) is 13.5. The Bertz CT molecular complexity index is 361. The quantitative estimate of drug-likeness (QED) is 0.426. The summed E-state index contributed by atoms with van der Waals surface area (Å²) in [6.07, 6.45) is 0. The van der Waals surface area contributed by atoms with Crippen molar-refractivity contribution in [2.45, 2.75) is 20.3 Å². The third-order valence-electron chi connectivity index (χ3n) is 2.04. The van der Waals surface area contributed by atoms with Gasteiger partial charge < -0.3 is 13.9 Å². The third kappa shape index (κ3) is 4.41. The smallest absolute Gasteiger partial charge is 0.261 e. The standard InChI is InChI=1S/C11H15F3O3Si/c1-3-15-11(16-4-2)17-18-7-5-8(12)10(14)9(13)6-7/h5-6,11H,3-4,18H2,1-2H3. The molecule has 18 heavy (non-hydrogen) atoms. The molecule has 0 saturated heterocycles. The molecule has 0 fully saturated rings. The summed E-state index contributed by atoms with van der Waals surface area (Å²) in [6, 6.07) is 1.86. The van der Waals surface area contributed by atoms with Gasteiger partial charge in [0.25, 0.3) is 6.48 Å². The minimum absolute atomic E-state index is 0.302. The molecule has 0 radical (unpaired) electrons. The first-order valence-electron chi connectivity index (χ1n) is 5.56. The van der Waals surface area contributed by atoms with Crippen LogP contribution in [-0.2, 0) is 13.9 Å². The van der Waals surface area contributed by atoms with Crippen LogP contribution >= 0.6 is 0 Å². The molecule has 7 heteroatoms. The van der Waals surface area contributed by atoms with E-state index in [0.29, 0.717) is 18.4 Å². The number of ether oxygens (including phenoxy) is 2. The average molecular weight is 280 g/mol. The van der Waals surface area contributed by atoms with Crippen molar-refractivity contribution in [1.82, 2.24) is 0 Å². The van der Waals surface area contributed by atoms with Gasteiger partial charge in [-0.15, -0.1) is 0 Å². The first kappa shape index (κ1) is 15.2. The Balaban J connectivity index is 2.61. The maximum Gasteiger partial charge on any atom is 0.261 e. The van der Waals surface area contributed by atoms with Crippen molar-refractivity contribution in [3.05, 3.63) is 29.6 Å². The van der Waals surface area contributed by atoms with Crippen molar-refractivity contribution in [3.8, 4) is 0 Å². The maximum absolute atomic E-state index is 12.9. The molecular weight excluding hydrogens is 265 g/mol. The molecule has 3 nitrogen and oxygen atoms in total. The van der Waals surface area contributed by atoms with Crippen LogP contribution in [0.1, 0.15) is 13.8 Å². The Kier molecular flexibility index (Phi) is 6.34. The number of hydrogen-bond donors (Lipinski definition) is 0. The summed E-state index contributed by atoms with van der Waals surface area (Å²) in [4.78, 5) is 0. The van der Waals surface area contributed by atoms with Crippen molar-refractivity contribution in [1.29, 1.82) is 0 Å². The topological polar surface area (TPSA) is 27.7 Å². The lowest BCUT2D eigenvalue weighted by atomic mass is 10.3. The van der Waals surface area contributed by atoms with E-state index in [1.165, 1.54) is 0 Å². The van der Waals surface area contributed by atoms with E-state index in [-0.39, 0.29) is 0 Å². The van der Waals surface area contributed by atoms with Gasteiger partial charge in [0.15, 0.2) is 27.2 Å². The van der Waals surface area contributed by atoms with Crippen molar-refractivity contribution >= 4 is 14.9 Å². The van der Waals surface area contributed by atoms with Crippen molar-refractivity contribution in [3.63, 3.8) is 0 Å². The molecule has 0 aliphatic carbocycles. The molecule has 0 aromatic heterocycles. The minimum atomic E-state index is -1.47. The number of rotatable bonds is 7. The third-order valence-corrected chi connectivity index (χ3v) is 3.22. The molecule has 0 spiro atoms. The molecule has 0 amide bonds. The van der Waals surface area contributed by atoms with Gasteiger partial charge >= 0.3 is 0 Å². The fraction of sp³-hybridized carbons (Fsp3) is 0.455. The van der Waals surface area contributed by atoms with E-state index in [1.54, 1.807) is 13.8 Å². The zero-order valence-corrected chi connectivity index (χ0v) is 11.6. The van der Waals surface area contributed by atoms with Crippen molar-refractivity contribution < 1.29 is 27.1 Å².